The standard InChI is InChI=1S/C32H32ClN5O3/c1-5-40-31-17-29-27(15-22(31)14-26(39)10-7-13-38(3)4)32(23(18-34)19-35-29)37-24-11-12-30(28(33)16-24)41-20-25-9-6-8-21(2)36-25/h6-12,15-17,19H,5,13-14,20H2,1-4H3,(H,35,37)/b10-7+/i5D2,6D,7D,8D,9D,10D,11D,12D,15D,16D,17D,19D,20D2. The zero-order chi connectivity index (χ0) is 42.5. The number of anilines is 2. The van der Waals surface area contributed by atoms with E-state index in [-0.39, 0.29) is 18.3 Å². The maximum Gasteiger partial charge on any atom is 0.159 e. The highest BCUT2D eigenvalue weighted by Gasteiger charge is 2.16. The number of ketones is 1. The van der Waals surface area contributed by atoms with Gasteiger partial charge in [-0.1, -0.05) is 23.7 Å². The molecule has 2 aromatic carbocycles. The van der Waals surface area contributed by atoms with Gasteiger partial charge in [-0.05, 0) is 70.2 Å². The molecule has 0 saturated heterocycles. The van der Waals surface area contributed by atoms with Gasteiger partial charge in [0.05, 0.1) is 54.6 Å². The summed E-state index contributed by atoms with van der Waals surface area (Å²) in [5.74, 6) is -2.51. The number of nitriles is 1. The Labute approximate surface area is 266 Å². The number of pyridine rings is 2. The van der Waals surface area contributed by atoms with E-state index < -0.39 is 142 Å². The lowest BCUT2D eigenvalue weighted by Crippen LogP contribution is -2.11. The summed E-state index contributed by atoms with van der Waals surface area (Å²) in [5, 5.41) is 11.5. The van der Waals surface area contributed by atoms with E-state index in [0.717, 1.165) is 6.92 Å². The van der Waals surface area contributed by atoms with Gasteiger partial charge in [0.2, 0.25) is 0 Å². The second-order valence-corrected chi connectivity index (χ2v) is 8.83. The summed E-state index contributed by atoms with van der Waals surface area (Å²) in [6.45, 7) is -3.39. The van der Waals surface area contributed by atoms with Gasteiger partial charge in [0.1, 0.15) is 24.1 Å². The fourth-order valence-electron chi connectivity index (χ4n) is 3.27. The van der Waals surface area contributed by atoms with Gasteiger partial charge < -0.3 is 19.7 Å². The number of fused-ring (bicyclic) bond motifs is 1. The Bertz CT molecular complexity index is 2350. The molecule has 4 aromatic rings. The number of benzene rings is 2. The summed E-state index contributed by atoms with van der Waals surface area (Å²) in [6, 6.07) is -5.36. The van der Waals surface area contributed by atoms with Gasteiger partial charge in [-0.3, -0.25) is 14.8 Å². The van der Waals surface area contributed by atoms with Gasteiger partial charge in [0.25, 0.3) is 0 Å². The third kappa shape index (κ3) is 7.82. The van der Waals surface area contributed by atoms with Crippen molar-refractivity contribution in [2.75, 3.05) is 32.5 Å². The molecule has 0 amide bonds. The van der Waals surface area contributed by atoms with Crippen LogP contribution >= 0.6 is 11.6 Å². The molecule has 9 heteroatoms. The second-order valence-electron chi connectivity index (χ2n) is 8.46. The summed E-state index contributed by atoms with van der Waals surface area (Å²) in [7, 11) is 3.21. The number of allylic oxidation sites excluding steroid dienone is 1. The van der Waals surface area contributed by atoms with Crippen LogP contribution < -0.4 is 14.8 Å². The molecule has 0 bridgehead atoms. The van der Waals surface area contributed by atoms with E-state index in [9.17, 15) is 10.1 Å². The van der Waals surface area contributed by atoms with Gasteiger partial charge in [-0.25, -0.2) is 0 Å². The molecule has 41 heavy (non-hydrogen) atoms. The van der Waals surface area contributed by atoms with E-state index >= 15 is 0 Å². The van der Waals surface area contributed by atoms with Crippen LogP contribution in [0, 0.1) is 18.3 Å². The van der Waals surface area contributed by atoms with Crippen LogP contribution in [0.1, 0.15) is 50.0 Å². The topological polar surface area (TPSA) is 100 Å². The molecule has 0 aliphatic heterocycles. The number of carbonyl (C=O) groups is 1. The first-order valence-corrected chi connectivity index (χ1v) is 12.2. The molecule has 0 spiro atoms. The highest BCUT2D eigenvalue weighted by atomic mass is 35.5. The van der Waals surface area contributed by atoms with Gasteiger partial charge in [0.15, 0.2) is 5.78 Å². The molecule has 2 aromatic heterocycles. The molecule has 2 heterocycles. The lowest BCUT2D eigenvalue weighted by atomic mass is 10.0. The number of aromatic nitrogens is 2. The Hall–Kier alpha value is -4.45. The van der Waals surface area contributed by atoms with Crippen molar-refractivity contribution in [1.82, 2.24) is 14.9 Å². The molecule has 0 fully saturated rings. The van der Waals surface area contributed by atoms with Crippen molar-refractivity contribution in [2.24, 2.45) is 0 Å². The SMILES string of the molecule is [2H]/C(CN(C)C)=C(/[2H])C(=O)Cc1c(OC([2H])([2H])C)c([2H])c2nc([2H])c(C#N)c(Nc3c([2H])c([2H])c(OC([2H])([2H])c4nc(C)c([2H])c([2H])c4[2H])c(Cl)c3[2H])c2c1[2H]. The molecular weight excluding hydrogens is 538 g/mol. The molecule has 4 rings (SSSR count). The monoisotopic (exact) mass is 584 g/mol. The van der Waals surface area contributed by atoms with Crippen LogP contribution in [0.3, 0.4) is 0 Å². The summed E-state index contributed by atoms with van der Waals surface area (Å²) in [6.07, 6.45) is -1.65. The lowest BCUT2D eigenvalue weighted by molar-refractivity contribution is -0.114. The number of halogens is 1. The van der Waals surface area contributed by atoms with Crippen LogP contribution in [0.15, 0.2) is 66.6 Å². The summed E-state index contributed by atoms with van der Waals surface area (Å²) < 4.78 is 137. The van der Waals surface area contributed by atoms with Crippen LogP contribution in [-0.4, -0.2) is 47.9 Å². The largest absolute Gasteiger partial charge is 0.494 e. The van der Waals surface area contributed by atoms with Gasteiger partial charge in [0, 0.05) is 47.5 Å². The number of hydrogen-bond donors (Lipinski definition) is 1. The number of aryl methyl sites for hydroxylation is 1. The van der Waals surface area contributed by atoms with E-state index in [1.165, 1.54) is 11.8 Å². The van der Waals surface area contributed by atoms with Crippen LogP contribution in [-0.2, 0) is 17.8 Å². The Morgan fingerprint density at radius 1 is 1.24 bits per heavy atom. The zero-order valence-electron chi connectivity index (χ0n) is 37.3. The van der Waals surface area contributed by atoms with Gasteiger partial charge >= 0.3 is 0 Å². The lowest BCUT2D eigenvalue weighted by Gasteiger charge is -2.16. The minimum absolute atomic E-state index is 0.0940. The third-order valence-corrected chi connectivity index (χ3v) is 5.28. The number of rotatable bonds is 12. The molecule has 0 aliphatic rings. The number of ether oxygens (including phenoxy) is 2. The number of nitrogens with zero attached hydrogens (tertiary/aromatic N) is 4. The minimum Gasteiger partial charge on any atom is -0.494 e. The summed E-state index contributed by atoms with van der Waals surface area (Å²) >= 11 is 6.43. The smallest absolute Gasteiger partial charge is 0.159 e. The van der Waals surface area contributed by atoms with Crippen LogP contribution in [0.2, 0.25) is 5.02 Å². The quantitative estimate of drug-likeness (QED) is 0.191. The Morgan fingerprint density at radius 2 is 2.07 bits per heavy atom. The predicted molar refractivity (Wildman–Crippen MR) is 162 cm³/mol. The Kier molecular flexibility index (Phi) is 5.21. The van der Waals surface area contributed by atoms with E-state index in [1.807, 2.05) is 0 Å². The zero-order valence-corrected chi connectivity index (χ0v) is 23.1. The van der Waals surface area contributed by atoms with E-state index in [0.29, 0.717) is 0 Å². The molecule has 0 unspecified atom stereocenters. The highest BCUT2D eigenvalue weighted by Crippen LogP contribution is 2.36. The van der Waals surface area contributed by atoms with Gasteiger partial charge in [-0.15, -0.1) is 0 Å². The number of likely N-dealkylation sites (N-methyl/N-ethyl adjacent to an activating group) is 1. The first-order chi connectivity index (χ1) is 25.7. The second kappa shape index (κ2) is 13.8. The number of hydrogen-bond acceptors (Lipinski definition) is 8. The molecule has 0 radical (unpaired) electrons. The van der Waals surface area contributed by atoms with Crippen molar-refractivity contribution in [3.05, 3.63) is 94.2 Å². The molecule has 210 valence electrons. The van der Waals surface area contributed by atoms with Crippen LogP contribution in [0.25, 0.3) is 10.9 Å². The third-order valence-electron chi connectivity index (χ3n) is 5.01. The van der Waals surface area contributed by atoms with Crippen molar-refractivity contribution in [1.29, 1.82) is 5.26 Å². The minimum atomic E-state index is -3.08. The number of carbonyl (C=O) groups excluding carboxylic acids is 1. The molecular formula is C32H32ClN5O3. The summed E-state index contributed by atoms with van der Waals surface area (Å²) in [4.78, 5) is 22.7. The van der Waals surface area contributed by atoms with E-state index in [2.05, 4.69) is 15.3 Å². The van der Waals surface area contributed by atoms with Crippen LogP contribution in [0.4, 0.5) is 11.4 Å². The highest BCUT2D eigenvalue weighted by molar-refractivity contribution is 6.32. The van der Waals surface area contributed by atoms with E-state index in [1.54, 1.807) is 20.2 Å². The van der Waals surface area contributed by atoms with Crippen molar-refractivity contribution < 1.29 is 34.8 Å². The van der Waals surface area contributed by atoms with Crippen LogP contribution in [0.5, 0.6) is 11.5 Å². The molecule has 1 N–H and O–H groups in total. The first kappa shape index (κ1) is 15.5. The molecule has 0 atom stereocenters. The van der Waals surface area contributed by atoms with E-state index in [4.69, 9.17) is 41.6 Å². The van der Waals surface area contributed by atoms with Crippen molar-refractivity contribution in [3.8, 4) is 17.6 Å². The number of nitrogens with one attached hydrogen (secondary N) is 1. The fourth-order valence-corrected chi connectivity index (χ4v) is 3.45. The Morgan fingerprint density at radius 3 is 2.83 bits per heavy atom. The molecule has 0 saturated carbocycles. The average Bonchev–Trinajstić information content (AvgIpc) is 3.10. The van der Waals surface area contributed by atoms with Crippen molar-refractivity contribution in [3.63, 3.8) is 0 Å². The first-order valence-electron chi connectivity index (χ1n) is 19.3. The maximum absolute atomic E-state index is 13.3. The predicted octanol–water partition coefficient (Wildman–Crippen LogP) is 6.41. The fraction of sp³-hybridized carbons (Fsp3) is 0.250. The molecule has 8 nitrogen and oxygen atoms in total. The molecule has 0 aliphatic carbocycles. The maximum atomic E-state index is 13.3. The normalized spacial score (nSPS) is 17.5. The van der Waals surface area contributed by atoms with Crippen molar-refractivity contribution >= 4 is 39.7 Å². The van der Waals surface area contributed by atoms with Gasteiger partial charge in [-0.2, -0.15) is 5.26 Å². The average molecular weight is 585 g/mol. The Balaban J connectivity index is 1.99. The summed E-state index contributed by atoms with van der Waals surface area (Å²) in [5.41, 5.74) is -3.58. The van der Waals surface area contributed by atoms with Crippen molar-refractivity contribution in [2.45, 2.75) is 26.8 Å².